The van der Waals surface area contributed by atoms with Crippen LogP contribution in [0.2, 0.25) is 5.15 Å². The summed E-state index contributed by atoms with van der Waals surface area (Å²) >= 11 is 6.17. The molecule has 2 heterocycles. The van der Waals surface area contributed by atoms with E-state index >= 15 is 0 Å². The van der Waals surface area contributed by atoms with Crippen molar-refractivity contribution < 1.29 is 4.74 Å². The SMILES string of the molecule is COc1ccc(-c2nc(-c3ccccn3)nc(Cl)c2C#N)cc1. The number of methoxy groups -OCH3 is 1. The van der Waals surface area contributed by atoms with Gasteiger partial charge < -0.3 is 4.74 Å². The third-order valence-corrected chi connectivity index (χ3v) is 3.51. The van der Waals surface area contributed by atoms with E-state index in [0.29, 0.717) is 17.2 Å². The molecule has 0 saturated carbocycles. The largest absolute Gasteiger partial charge is 0.497 e. The highest BCUT2D eigenvalue weighted by Crippen LogP contribution is 2.29. The number of aromatic nitrogens is 3. The molecule has 0 aliphatic carbocycles. The third kappa shape index (κ3) is 2.98. The number of rotatable bonds is 3. The van der Waals surface area contributed by atoms with Gasteiger partial charge in [0.25, 0.3) is 0 Å². The molecule has 0 atom stereocenters. The molecular formula is C17H11ClN4O. The van der Waals surface area contributed by atoms with Crippen molar-refractivity contribution in [2.45, 2.75) is 0 Å². The molecule has 1 aromatic carbocycles. The van der Waals surface area contributed by atoms with Crippen molar-refractivity contribution in [3.63, 3.8) is 0 Å². The van der Waals surface area contributed by atoms with Crippen LogP contribution in [-0.2, 0) is 0 Å². The van der Waals surface area contributed by atoms with E-state index in [9.17, 15) is 5.26 Å². The first-order valence-corrected chi connectivity index (χ1v) is 7.14. The van der Waals surface area contributed by atoms with E-state index in [1.807, 2.05) is 18.2 Å². The maximum absolute atomic E-state index is 9.37. The molecule has 0 N–H and O–H groups in total. The molecule has 0 radical (unpaired) electrons. The minimum atomic E-state index is 0.106. The van der Waals surface area contributed by atoms with Gasteiger partial charge in [-0.3, -0.25) is 4.98 Å². The van der Waals surface area contributed by atoms with Crippen LogP contribution in [0.5, 0.6) is 5.75 Å². The zero-order chi connectivity index (χ0) is 16.2. The zero-order valence-electron chi connectivity index (χ0n) is 12.2. The van der Waals surface area contributed by atoms with Crippen molar-refractivity contribution in [3.8, 4) is 34.6 Å². The summed E-state index contributed by atoms with van der Waals surface area (Å²) in [7, 11) is 1.59. The summed E-state index contributed by atoms with van der Waals surface area (Å²) in [6.07, 6.45) is 1.65. The Morgan fingerprint density at radius 3 is 2.48 bits per heavy atom. The normalized spacial score (nSPS) is 10.1. The first-order valence-electron chi connectivity index (χ1n) is 6.76. The Morgan fingerprint density at radius 2 is 1.87 bits per heavy atom. The van der Waals surface area contributed by atoms with E-state index in [-0.39, 0.29) is 10.7 Å². The van der Waals surface area contributed by atoms with E-state index in [2.05, 4.69) is 21.0 Å². The zero-order valence-corrected chi connectivity index (χ0v) is 12.9. The summed E-state index contributed by atoms with van der Waals surface area (Å²) in [5, 5.41) is 9.47. The van der Waals surface area contributed by atoms with Crippen LogP contribution in [0.15, 0.2) is 48.7 Å². The summed E-state index contributed by atoms with van der Waals surface area (Å²) in [6.45, 7) is 0. The van der Waals surface area contributed by atoms with Gasteiger partial charge in [-0.2, -0.15) is 5.26 Å². The van der Waals surface area contributed by atoms with Crippen LogP contribution >= 0.6 is 11.6 Å². The van der Waals surface area contributed by atoms with Gasteiger partial charge in [-0.05, 0) is 36.4 Å². The van der Waals surface area contributed by atoms with E-state index in [1.165, 1.54) is 0 Å². The summed E-state index contributed by atoms with van der Waals surface area (Å²) in [6, 6.07) is 14.7. The van der Waals surface area contributed by atoms with Crippen molar-refractivity contribution in [2.24, 2.45) is 0 Å². The monoisotopic (exact) mass is 322 g/mol. The lowest BCUT2D eigenvalue weighted by Gasteiger charge is -2.08. The van der Waals surface area contributed by atoms with Gasteiger partial charge >= 0.3 is 0 Å². The lowest BCUT2D eigenvalue weighted by atomic mass is 10.1. The standard InChI is InChI=1S/C17H11ClN4O/c1-23-12-7-5-11(6-8-12)15-13(10-19)16(18)22-17(21-15)14-4-2-3-9-20-14/h2-9H,1H3. The van der Waals surface area contributed by atoms with Crippen molar-refractivity contribution in [1.82, 2.24) is 15.0 Å². The first-order chi connectivity index (χ1) is 11.2. The van der Waals surface area contributed by atoms with E-state index in [1.54, 1.807) is 37.6 Å². The molecule has 0 aliphatic heterocycles. The lowest BCUT2D eigenvalue weighted by molar-refractivity contribution is 0.415. The van der Waals surface area contributed by atoms with Crippen LogP contribution < -0.4 is 4.74 Å². The Hall–Kier alpha value is -2.97. The fourth-order valence-corrected chi connectivity index (χ4v) is 2.31. The van der Waals surface area contributed by atoms with Crippen molar-refractivity contribution in [3.05, 3.63) is 59.4 Å². The van der Waals surface area contributed by atoms with Gasteiger partial charge in [0.1, 0.15) is 23.1 Å². The number of ether oxygens (including phenoxy) is 1. The molecule has 2 aromatic heterocycles. The summed E-state index contributed by atoms with van der Waals surface area (Å²) < 4.78 is 5.14. The van der Waals surface area contributed by atoms with Crippen molar-refractivity contribution in [2.75, 3.05) is 7.11 Å². The highest BCUT2D eigenvalue weighted by atomic mass is 35.5. The Kier molecular flexibility index (Phi) is 4.18. The maximum Gasteiger partial charge on any atom is 0.180 e. The molecule has 0 spiro atoms. The third-order valence-electron chi connectivity index (χ3n) is 3.23. The molecule has 0 aliphatic rings. The van der Waals surface area contributed by atoms with Crippen LogP contribution in [0.3, 0.4) is 0 Å². The van der Waals surface area contributed by atoms with Gasteiger partial charge in [0.05, 0.1) is 12.8 Å². The molecule has 0 amide bonds. The number of nitrogens with zero attached hydrogens (tertiary/aromatic N) is 4. The van der Waals surface area contributed by atoms with Crippen LogP contribution in [-0.4, -0.2) is 22.1 Å². The molecule has 0 bridgehead atoms. The highest BCUT2D eigenvalue weighted by molar-refractivity contribution is 6.31. The average molecular weight is 323 g/mol. The Morgan fingerprint density at radius 1 is 1.09 bits per heavy atom. The fourth-order valence-electron chi connectivity index (χ4n) is 2.10. The Bertz CT molecular complexity index is 874. The molecule has 23 heavy (non-hydrogen) atoms. The van der Waals surface area contributed by atoms with E-state index < -0.39 is 0 Å². The Labute approximate surface area is 138 Å². The second kappa shape index (κ2) is 6.42. The van der Waals surface area contributed by atoms with Crippen molar-refractivity contribution in [1.29, 1.82) is 5.26 Å². The number of hydrogen-bond acceptors (Lipinski definition) is 5. The van der Waals surface area contributed by atoms with Gasteiger partial charge in [0.2, 0.25) is 0 Å². The number of hydrogen-bond donors (Lipinski definition) is 0. The molecule has 6 heteroatoms. The second-order valence-corrected chi connectivity index (χ2v) is 4.97. The number of halogens is 1. The molecule has 0 fully saturated rings. The molecule has 0 saturated heterocycles. The molecule has 3 aromatic rings. The van der Waals surface area contributed by atoms with Crippen molar-refractivity contribution >= 4 is 11.6 Å². The average Bonchev–Trinajstić information content (AvgIpc) is 2.62. The van der Waals surface area contributed by atoms with Gasteiger partial charge in [-0.15, -0.1) is 0 Å². The lowest BCUT2D eigenvalue weighted by Crippen LogP contribution is -1.99. The Balaban J connectivity index is 2.18. The van der Waals surface area contributed by atoms with Gasteiger partial charge in [0.15, 0.2) is 11.0 Å². The summed E-state index contributed by atoms with van der Waals surface area (Å²) in [5.41, 5.74) is 2.05. The highest BCUT2D eigenvalue weighted by Gasteiger charge is 2.16. The van der Waals surface area contributed by atoms with E-state index in [4.69, 9.17) is 16.3 Å². The minimum Gasteiger partial charge on any atom is -0.497 e. The predicted octanol–water partition coefficient (Wildman–Crippen LogP) is 3.74. The van der Waals surface area contributed by atoms with Gasteiger partial charge in [-0.25, -0.2) is 9.97 Å². The van der Waals surface area contributed by atoms with Crippen LogP contribution in [0.25, 0.3) is 22.8 Å². The quantitative estimate of drug-likeness (QED) is 0.687. The topological polar surface area (TPSA) is 71.7 Å². The summed E-state index contributed by atoms with van der Waals surface area (Å²) in [5.74, 6) is 1.10. The fraction of sp³-hybridized carbons (Fsp3) is 0.0588. The van der Waals surface area contributed by atoms with Crippen LogP contribution in [0, 0.1) is 11.3 Å². The molecule has 0 unspecified atom stereocenters. The first kappa shape index (κ1) is 14.9. The smallest absolute Gasteiger partial charge is 0.180 e. The molecular weight excluding hydrogens is 312 g/mol. The molecule has 3 rings (SSSR count). The number of benzene rings is 1. The second-order valence-electron chi connectivity index (χ2n) is 4.62. The van der Waals surface area contributed by atoms with Gasteiger partial charge in [-0.1, -0.05) is 17.7 Å². The predicted molar refractivity (Wildman–Crippen MR) is 87.0 cm³/mol. The van der Waals surface area contributed by atoms with Gasteiger partial charge in [0, 0.05) is 11.8 Å². The molecule has 5 nitrogen and oxygen atoms in total. The summed E-state index contributed by atoms with van der Waals surface area (Å²) in [4.78, 5) is 12.9. The van der Waals surface area contributed by atoms with Crippen LogP contribution in [0.1, 0.15) is 5.56 Å². The minimum absolute atomic E-state index is 0.106. The number of pyridine rings is 1. The van der Waals surface area contributed by atoms with E-state index in [0.717, 1.165) is 11.3 Å². The maximum atomic E-state index is 9.37. The molecule has 112 valence electrons. The number of nitriles is 1. The van der Waals surface area contributed by atoms with Crippen LogP contribution in [0.4, 0.5) is 0 Å².